The summed E-state index contributed by atoms with van der Waals surface area (Å²) in [4.78, 5) is 12.1. The number of esters is 1. The fourth-order valence-electron chi connectivity index (χ4n) is 1.80. The van der Waals surface area contributed by atoms with Gasteiger partial charge in [-0.25, -0.2) is 4.79 Å². The lowest BCUT2D eigenvalue weighted by atomic mass is 10.2. The SMILES string of the molecule is O=C(OCCCCO)c1ccccc1Oc1ccccc1. The lowest BCUT2D eigenvalue weighted by Crippen LogP contribution is -2.08. The fourth-order valence-corrected chi connectivity index (χ4v) is 1.80. The van der Waals surface area contributed by atoms with Gasteiger partial charge in [-0.2, -0.15) is 0 Å². The minimum atomic E-state index is -0.417. The number of benzene rings is 2. The summed E-state index contributed by atoms with van der Waals surface area (Å²) in [6, 6.07) is 16.3. The second-order valence-corrected chi connectivity index (χ2v) is 4.48. The van der Waals surface area contributed by atoms with Crippen molar-refractivity contribution in [3.8, 4) is 11.5 Å². The molecule has 0 unspecified atom stereocenters. The smallest absolute Gasteiger partial charge is 0.341 e. The minimum Gasteiger partial charge on any atom is -0.462 e. The van der Waals surface area contributed by atoms with Crippen LogP contribution in [0.3, 0.4) is 0 Å². The van der Waals surface area contributed by atoms with Crippen molar-refractivity contribution < 1.29 is 19.4 Å². The van der Waals surface area contributed by atoms with Gasteiger partial charge in [0.05, 0.1) is 6.61 Å². The number of para-hydroxylation sites is 2. The molecule has 4 nitrogen and oxygen atoms in total. The molecule has 0 atom stereocenters. The van der Waals surface area contributed by atoms with Gasteiger partial charge in [-0.05, 0) is 37.1 Å². The van der Waals surface area contributed by atoms with Gasteiger partial charge in [-0.3, -0.25) is 0 Å². The van der Waals surface area contributed by atoms with Crippen LogP contribution < -0.4 is 4.74 Å². The van der Waals surface area contributed by atoms with Crippen LogP contribution in [0.4, 0.5) is 0 Å². The molecule has 0 radical (unpaired) electrons. The van der Waals surface area contributed by atoms with Crippen LogP contribution in [0.2, 0.25) is 0 Å². The molecule has 2 aromatic rings. The van der Waals surface area contributed by atoms with Crippen molar-refractivity contribution in [1.82, 2.24) is 0 Å². The van der Waals surface area contributed by atoms with Crippen molar-refractivity contribution in [3.63, 3.8) is 0 Å². The van der Waals surface area contributed by atoms with Gasteiger partial charge in [0.1, 0.15) is 17.1 Å². The summed E-state index contributed by atoms with van der Waals surface area (Å²) in [5, 5.41) is 8.70. The van der Waals surface area contributed by atoms with Crippen molar-refractivity contribution in [2.24, 2.45) is 0 Å². The van der Waals surface area contributed by atoms with Gasteiger partial charge in [0, 0.05) is 6.61 Å². The molecule has 1 N–H and O–H groups in total. The average molecular weight is 286 g/mol. The third-order valence-corrected chi connectivity index (χ3v) is 2.86. The van der Waals surface area contributed by atoms with E-state index in [-0.39, 0.29) is 6.61 Å². The van der Waals surface area contributed by atoms with E-state index in [2.05, 4.69) is 0 Å². The van der Waals surface area contributed by atoms with Gasteiger partial charge in [0.2, 0.25) is 0 Å². The molecule has 0 bridgehead atoms. The first-order valence-electron chi connectivity index (χ1n) is 6.91. The number of rotatable bonds is 7. The zero-order valence-corrected chi connectivity index (χ0v) is 11.7. The van der Waals surface area contributed by atoms with Crippen LogP contribution >= 0.6 is 0 Å². The maximum atomic E-state index is 12.1. The Balaban J connectivity index is 2.04. The van der Waals surface area contributed by atoms with E-state index in [4.69, 9.17) is 14.6 Å². The standard InChI is InChI=1S/C17H18O4/c18-12-6-7-13-20-17(19)15-10-4-5-11-16(15)21-14-8-2-1-3-9-14/h1-5,8-11,18H,6-7,12-13H2. The van der Waals surface area contributed by atoms with Gasteiger partial charge in [0.15, 0.2) is 0 Å². The normalized spacial score (nSPS) is 10.1. The van der Waals surface area contributed by atoms with E-state index in [1.807, 2.05) is 30.3 Å². The van der Waals surface area contributed by atoms with Gasteiger partial charge in [0.25, 0.3) is 0 Å². The molecule has 0 aliphatic heterocycles. The third kappa shape index (κ3) is 4.61. The molecule has 4 heteroatoms. The summed E-state index contributed by atoms with van der Waals surface area (Å²) in [5.41, 5.74) is 0.394. The Hall–Kier alpha value is -2.33. The van der Waals surface area contributed by atoms with Gasteiger partial charge in [-0.15, -0.1) is 0 Å². The average Bonchev–Trinajstić information content (AvgIpc) is 2.53. The molecule has 2 aromatic carbocycles. The van der Waals surface area contributed by atoms with Crippen LogP contribution in [0.15, 0.2) is 54.6 Å². The van der Waals surface area contributed by atoms with Crippen LogP contribution in [0, 0.1) is 0 Å². The Morgan fingerprint density at radius 1 is 0.952 bits per heavy atom. The number of hydrogen-bond acceptors (Lipinski definition) is 4. The number of aliphatic hydroxyl groups excluding tert-OH is 1. The summed E-state index contributed by atoms with van der Waals surface area (Å²) in [6.07, 6.45) is 1.26. The van der Waals surface area contributed by atoms with Crippen LogP contribution in [0.1, 0.15) is 23.2 Å². The van der Waals surface area contributed by atoms with Crippen molar-refractivity contribution in [2.45, 2.75) is 12.8 Å². The molecule has 2 rings (SSSR count). The number of hydrogen-bond donors (Lipinski definition) is 1. The monoisotopic (exact) mass is 286 g/mol. The highest BCUT2D eigenvalue weighted by Crippen LogP contribution is 2.25. The first-order chi connectivity index (χ1) is 10.3. The predicted octanol–water partition coefficient (Wildman–Crippen LogP) is 3.41. The molecule has 21 heavy (non-hydrogen) atoms. The van der Waals surface area contributed by atoms with E-state index in [0.29, 0.717) is 36.5 Å². The van der Waals surface area contributed by atoms with E-state index in [1.54, 1.807) is 24.3 Å². The largest absolute Gasteiger partial charge is 0.462 e. The van der Waals surface area contributed by atoms with Crippen molar-refractivity contribution >= 4 is 5.97 Å². The summed E-state index contributed by atoms with van der Waals surface area (Å²) in [5.74, 6) is 0.716. The van der Waals surface area contributed by atoms with E-state index in [0.717, 1.165) is 0 Å². The second-order valence-electron chi connectivity index (χ2n) is 4.48. The summed E-state index contributed by atoms with van der Waals surface area (Å²) in [7, 11) is 0. The quantitative estimate of drug-likeness (QED) is 0.626. The summed E-state index contributed by atoms with van der Waals surface area (Å²) >= 11 is 0. The molecule has 0 aromatic heterocycles. The highest BCUT2D eigenvalue weighted by molar-refractivity contribution is 5.92. The predicted molar refractivity (Wildman–Crippen MR) is 79.6 cm³/mol. The molecule has 0 aliphatic rings. The van der Waals surface area contributed by atoms with Crippen LogP contribution in [-0.4, -0.2) is 24.3 Å². The molecule has 110 valence electrons. The van der Waals surface area contributed by atoms with Crippen LogP contribution in [0.5, 0.6) is 11.5 Å². The van der Waals surface area contributed by atoms with Crippen molar-refractivity contribution in [2.75, 3.05) is 13.2 Å². The molecule has 0 amide bonds. The molecular formula is C17H18O4. The maximum Gasteiger partial charge on any atom is 0.341 e. The Kier molecular flexibility index (Phi) is 5.79. The lowest BCUT2D eigenvalue weighted by Gasteiger charge is -2.10. The Morgan fingerprint density at radius 3 is 2.43 bits per heavy atom. The van der Waals surface area contributed by atoms with Gasteiger partial charge < -0.3 is 14.6 Å². The van der Waals surface area contributed by atoms with E-state index >= 15 is 0 Å². The van der Waals surface area contributed by atoms with Crippen LogP contribution in [0.25, 0.3) is 0 Å². The molecule has 0 fully saturated rings. The molecule has 0 saturated heterocycles. The van der Waals surface area contributed by atoms with Crippen molar-refractivity contribution in [1.29, 1.82) is 0 Å². The molecule has 0 heterocycles. The van der Waals surface area contributed by atoms with Gasteiger partial charge in [-0.1, -0.05) is 30.3 Å². The number of ether oxygens (including phenoxy) is 2. The zero-order valence-electron chi connectivity index (χ0n) is 11.7. The van der Waals surface area contributed by atoms with E-state index < -0.39 is 5.97 Å². The highest BCUT2D eigenvalue weighted by atomic mass is 16.5. The lowest BCUT2D eigenvalue weighted by molar-refractivity contribution is 0.0490. The van der Waals surface area contributed by atoms with Gasteiger partial charge >= 0.3 is 5.97 Å². The molecule has 0 saturated carbocycles. The maximum absolute atomic E-state index is 12.1. The third-order valence-electron chi connectivity index (χ3n) is 2.86. The number of carbonyl (C=O) groups excluding carboxylic acids is 1. The number of carbonyl (C=O) groups is 1. The number of unbranched alkanes of at least 4 members (excludes halogenated alkanes) is 1. The Morgan fingerprint density at radius 2 is 1.67 bits per heavy atom. The first kappa shape index (κ1) is 15.1. The first-order valence-corrected chi connectivity index (χ1v) is 6.91. The second kappa shape index (κ2) is 8.07. The van der Waals surface area contributed by atoms with E-state index in [9.17, 15) is 4.79 Å². The van der Waals surface area contributed by atoms with Crippen molar-refractivity contribution in [3.05, 3.63) is 60.2 Å². The summed E-state index contributed by atoms with van der Waals surface area (Å²) in [6.45, 7) is 0.393. The Labute approximate surface area is 123 Å². The summed E-state index contributed by atoms with van der Waals surface area (Å²) < 4.78 is 10.9. The molecule has 0 aliphatic carbocycles. The molecular weight excluding hydrogens is 268 g/mol. The molecule has 0 spiro atoms. The van der Waals surface area contributed by atoms with Crippen LogP contribution in [-0.2, 0) is 4.74 Å². The van der Waals surface area contributed by atoms with E-state index in [1.165, 1.54) is 0 Å². The highest BCUT2D eigenvalue weighted by Gasteiger charge is 2.13. The zero-order chi connectivity index (χ0) is 14.9. The minimum absolute atomic E-state index is 0.102. The number of aliphatic hydroxyl groups is 1. The fraction of sp³-hybridized carbons (Fsp3) is 0.235. The Bertz CT molecular complexity index is 566. The topological polar surface area (TPSA) is 55.8 Å².